The van der Waals surface area contributed by atoms with Crippen molar-refractivity contribution in [2.45, 2.75) is 65.8 Å². The van der Waals surface area contributed by atoms with Gasteiger partial charge in [-0.15, -0.1) is 0 Å². The third kappa shape index (κ3) is 9.77. The van der Waals surface area contributed by atoms with Crippen LogP contribution in [0, 0.1) is 5.92 Å². The highest BCUT2D eigenvalue weighted by Gasteiger charge is 2.26. The van der Waals surface area contributed by atoms with E-state index in [0.717, 1.165) is 10.0 Å². The fourth-order valence-electron chi connectivity index (χ4n) is 2.00. The summed E-state index contributed by atoms with van der Waals surface area (Å²) in [4.78, 5) is 24.7. The lowest BCUT2D eigenvalue weighted by molar-refractivity contribution is -0.125. The Morgan fingerprint density at radius 1 is 1.07 bits per heavy atom. The topological polar surface area (TPSA) is 76.7 Å². The number of ether oxygens (including phenoxy) is 2. The Kier molecular flexibility index (Phi) is 9.26. The van der Waals surface area contributed by atoms with Gasteiger partial charge in [0.15, 0.2) is 0 Å². The maximum Gasteiger partial charge on any atom is 0.408 e. The lowest BCUT2D eigenvalue weighted by Gasteiger charge is -2.25. The van der Waals surface area contributed by atoms with Gasteiger partial charge in [-0.3, -0.25) is 4.79 Å². The summed E-state index contributed by atoms with van der Waals surface area (Å²) < 4.78 is 11.9. The molecule has 0 spiro atoms. The number of amides is 2. The molecule has 0 bridgehead atoms. The van der Waals surface area contributed by atoms with Crippen molar-refractivity contribution in [2.24, 2.45) is 5.92 Å². The quantitative estimate of drug-likeness (QED) is 0.637. The van der Waals surface area contributed by atoms with E-state index in [1.807, 2.05) is 45.0 Å². The second-order valence-corrected chi connectivity index (χ2v) is 8.80. The summed E-state index contributed by atoms with van der Waals surface area (Å²) in [5.74, 6) is -0.0160. The Labute approximate surface area is 170 Å². The molecule has 0 fully saturated rings. The molecule has 1 rings (SSSR count). The summed E-state index contributed by atoms with van der Waals surface area (Å²) >= 11 is 3.39. The van der Waals surface area contributed by atoms with Crippen LogP contribution in [0.4, 0.5) is 4.79 Å². The van der Waals surface area contributed by atoms with Crippen LogP contribution in [0.15, 0.2) is 28.7 Å². The van der Waals surface area contributed by atoms with E-state index >= 15 is 0 Å². The van der Waals surface area contributed by atoms with Gasteiger partial charge in [-0.1, -0.05) is 41.9 Å². The molecule has 1 aromatic rings. The normalized spacial score (nSPS) is 13.8. The zero-order chi connectivity index (χ0) is 20.6. The zero-order valence-electron chi connectivity index (χ0n) is 17.0. The number of carbonyl (C=O) groups is 2. The average molecular weight is 443 g/mol. The second kappa shape index (κ2) is 10.7. The Morgan fingerprint density at radius 2 is 1.67 bits per heavy atom. The molecule has 2 unspecified atom stereocenters. The number of benzene rings is 1. The molecule has 27 heavy (non-hydrogen) atoms. The molecular weight excluding hydrogens is 412 g/mol. The van der Waals surface area contributed by atoms with Gasteiger partial charge in [-0.2, -0.15) is 0 Å². The number of alkyl carbamates (subject to hydrolysis) is 1. The molecule has 2 amide bonds. The smallest absolute Gasteiger partial charge is 0.408 e. The van der Waals surface area contributed by atoms with Crippen LogP contribution in [-0.2, 0) is 20.9 Å². The van der Waals surface area contributed by atoms with Crippen LogP contribution in [0.5, 0.6) is 0 Å². The number of carbonyl (C=O) groups excluding carboxylic acids is 2. The van der Waals surface area contributed by atoms with Crippen LogP contribution < -0.4 is 10.6 Å². The van der Waals surface area contributed by atoms with E-state index in [4.69, 9.17) is 9.47 Å². The van der Waals surface area contributed by atoms with Crippen molar-refractivity contribution >= 4 is 27.9 Å². The predicted molar refractivity (Wildman–Crippen MR) is 109 cm³/mol. The van der Waals surface area contributed by atoms with Crippen LogP contribution in [0.1, 0.15) is 47.1 Å². The molecule has 7 heteroatoms. The summed E-state index contributed by atoms with van der Waals surface area (Å²) in [6, 6.07) is 6.85. The highest BCUT2D eigenvalue weighted by atomic mass is 79.9. The first-order valence-electron chi connectivity index (χ1n) is 9.10. The van der Waals surface area contributed by atoms with Crippen molar-refractivity contribution in [3.8, 4) is 0 Å². The van der Waals surface area contributed by atoms with Gasteiger partial charge < -0.3 is 20.1 Å². The molecule has 0 saturated heterocycles. The zero-order valence-corrected chi connectivity index (χ0v) is 18.6. The van der Waals surface area contributed by atoms with E-state index in [1.165, 1.54) is 0 Å². The molecule has 6 nitrogen and oxygen atoms in total. The number of rotatable bonds is 8. The van der Waals surface area contributed by atoms with Crippen molar-refractivity contribution in [1.29, 1.82) is 0 Å². The standard InChI is InChI=1S/C20H31BrN2O4/c1-13(2)14(3)22-18(24)17(23-19(25)27-20(4,5)6)12-26-11-15-7-9-16(21)10-8-15/h7-10,13-14,17H,11-12H2,1-6H3,(H,22,24)(H,23,25). The maximum atomic E-state index is 12.6. The molecule has 152 valence electrons. The molecule has 0 aliphatic carbocycles. The lowest BCUT2D eigenvalue weighted by Crippen LogP contribution is -2.53. The summed E-state index contributed by atoms with van der Waals surface area (Å²) in [5.41, 5.74) is 0.333. The van der Waals surface area contributed by atoms with E-state index in [2.05, 4.69) is 26.6 Å². The van der Waals surface area contributed by atoms with Crippen LogP contribution in [0.3, 0.4) is 0 Å². The highest BCUT2D eigenvalue weighted by molar-refractivity contribution is 9.10. The number of hydrogen-bond acceptors (Lipinski definition) is 4. The molecule has 0 aliphatic rings. The minimum absolute atomic E-state index is 0.0214. The summed E-state index contributed by atoms with van der Waals surface area (Å²) in [7, 11) is 0. The third-order valence-electron chi connectivity index (χ3n) is 3.84. The third-order valence-corrected chi connectivity index (χ3v) is 4.37. The van der Waals surface area contributed by atoms with Crippen LogP contribution in [0.2, 0.25) is 0 Å². The summed E-state index contributed by atoms with van der Waals surface area (Å²) in [5, 5.41) is 5.52. The molecule has 0 saturated carbocycles. The SMILES string of the molecule is CC(C)C(C)NC(=O)C(COCc1ccc(Br)cc1)NC(=O)OC(C)(C)C. The largest absolute Gasteiger partial charge is 0.444 e. The van der Waals surface area contributed by atoms with Crippen molar-refractivity contribution in [1.82, 2.24) is 10.6 Å². The van der Waals surface area contributed by atoms with Crippen LogP contribution >= 0.6 is 15.9 Å². The first-order valence-corrected chi connectivity index (χ1v) is 9.89. The van der Waals surface area contributed by atoms with Crippen LogP contribution in [0.25, 0.3) is 0 Å². The van der Waals surface area contributed by atoms with Gasteiger partial charge in [-0.25, -0.2) is 4.79 Å². The predicted octanol–water partition coefficient (Wildman–Crippen LogP) is 4.02. The minimum atomic E-state index is -0.837. The molecule has 1 aromatic carbocycles. The number of nitrogens with one attached hydrogen (secondary N) is 2. The first kappa shape index (κ1) is 23.4. The van der Waals surface area contributed by atoms with E-state index < -0.39 is 17.7 Å². The van der Waals surface area contributed by atoms with Crippen molar-refractivity contribution in [3.63, 3.8) is 0 Å². The van der Waals surface area contributed by atoms with Gasteiger partial charge in [0.2, 0.25) is 5.91 Å². The van der Waals surface area contributed by atoms with E-state index in [9.17, 15) is 9.59 Å². The molecule has 2 N–H and O–H groups in total. The van der Waals surface area contributed by atoms with Gasteiger partial charge in [0.25, 0.3) is 0 Å². The summed E-state index contributed by atoms with van der Waals surface area (Å²) in [6.07, 6.45) is -0.646. The lowest BCUT2D eigenvalue weighted by atomic mass is 10.1. The Bertz CT molecular complexity index is 611. The molecule has 0 radical (unpaired) electrons. The van der Waals surface area contributed by atoms with Gasteiger partial charge in [0.05, 0.1) is 13.2 Å². The minimum Gasteiger partial charge on any atom is -0.444 e. The second-order valence-electron chi connectivity index (χ2n) is 7.88. The van der Waals surface area contributed by atoms with E-state index in [0.29, 0.717) is 6.61 Å². The van der Waals surface area contributed by atoms with Crippen molar-refractivity contribution < 1.29 is 19.1 Å². The molecule has 2 atom stereocenters. The Balaban J connectivity index is 2.69. The van der Waals surface area contributed by atoms with E-state index in [1.54, 1.807) is 20.8 Å². The average Bonchev–Trinajstić information content (AvgIpc) is 2.53. The van der Waals surface area contributed by atoms with Gasteiger partial charge in [0.1, 0.15) is 11.6 Å². The molecular formula is C20H31BrN2O4. The highest BCUT2D eigenvalue weighted by Crippen LogP contribution is 2.12. The van der Waals surface area contributed by atoms with Gasteiger partial charge in [-0.05, 0) is 51.3 Å². The fraction of sp³-hybridized carbons (Fsp3) is 0.600. The van der Waals surface area contributed by atoms with Crippen molar-refractivity contribution in [2.75, 3.05) is 6.61 Å². The molecule has 0 aliphatic heterocycles. The fourth-order valence-corrected chi connectivity index (χ4v) is 2.26. The first-order chi connectivity index (χ1) is 12.5. The van der Waals surface area contributed by atoms with E-state index in [-0.39, 0.29) is 24.5 Å². The van der Waals surface area contributed by atoms with Gasteiger partial charge >= 0.3 is 6.09 Å². The van der Waals surface area contributed by atoms with Crippen molar-refractivity contribution in [3.05, 3.63) is 34.3 Å². The Hall–Kier alpha value is -1.60. The molecule has 0 heterocycles. The number of hydrogen-bond donors (Lipinski definition) is 2. The Morgan fingerprint density at radius 3 is 2.19 bits per heavy atom. The van der Waals surface area contributed by atoms with Crippen LogP contribution in [-0.4, -0.2) is 36.3 Å². The number of halogens is 1. The maximum absolute atomic E-state index is 12.6. The van der Waals surface area contributed by atoms with Gasteiger partial charge in [0, 0.05) is 10.5 Å². The molecule has 0 aromatic heterocycles. The summed E-state index contributed by atoms with van der Waals surface area (Å²) in [6.45, 7) is 11.7. The monoisotopic (exact) mass is 442 g/mol.